The van der Waals surface area contributed by atoms with E-state index in [1.807, 2.05) is 6.08 Å². The molecule has 0 amide bonds. The number of aryl methyl sites for hydroxylation is 2. The van der Waals surface area contributed by atoms with Crippen molar-refractivity contribution in [1.29, 1.82) is 0 Å². The molecule has 1 aromatic rings. The number of aliphatic hydroxyl groups excluding tert-OH is 2. The van der Waals surface area contributed by atoms with Crippen molar-refractivity contribution < 1.29 is 19.7 Å². The lowest BCUT2D eigenvalue weighted by Gasteiger charge is -2.20. The number of allylic oxidation sites excluding steroid dienone is 3. The van der Waals surface area contributed by atoms with E-state index >= 15 is 0 Å². The topological polar surface area (TPSA) is 66.8 Å². The summed E-state index contributed by atoms with van der Waals surface area (Å²) >= 11 is 5.32. The molecule has 1 aliphatic rings. The number of ether oxygens (including phenoxy) is 1. The van der Waals surface area contributed by atoms with Gasteiger partial charge in [0.05, 0.1) is 19.3 Å². The molecule has 2 N–H and O–H groups in total. The molecule has 0 aliphatic heterocycles. The number of hydrogen-bond acceptors (Lipinski definition) is 5. The summed E-state index contributed by atoms with van der Waals surface area (Å²) in [6.07, 6.45) is 12.7. The highest BCUT2D eigenvalue weighted by Gasteiger charge is 2.37. The molecule has 2 rings (SSSR count). The van der Waals surface area contributed by atoms with Gasteiger partial charge in [0, 0.05) is 20.6 Å². The quantitative estimate of drug-likeness (QED) is 0.237. The molecule has 1 heterocycles. The monoisotopic (exact) mass is 498 g/mol. The van der Waals surface area contributed by atoms with Crippen LogP contribution in [0.15, 0.2) is 34.8 Å². The van der Waals surface area contributed by atoms with Gasteiger partial charge in [0.15, 0.2) is 0 Å². The van der Waals surface area contributed by atoms with Crippen LogP contribution in [0.3, 0.4) is 0 Å². The third-order valence-electron chi connectivity index (χ3n) is 5.96. The average Bonchev–Trinajstić information content (AvgIpc) is 3.17. The first-order valence-corrected chi connectivity index (χ1v) is 12.4. The maximum absolute atomic E-state index is 11.1. The fourth-order valence-corrected chi connectivity index (χ4v) is 5.78. The summed E-state index contributed by atoms with van der Waals surface area (Å²) in [5, 5.41) is 20.9. The standard InChI is InChI=1S/C24H35BrO4S/c1-16-14-23(27)21(8-6-4-5-7-9-24(28)29-3)20(16)13-11-18(26)10-12-19-15-22(25)17(2)30-19/h4,6,11,13,15-16,18,20-21,23,26-27H,5,7-10,12,14H2,1-3H3/t16?,18?,20-,21+,23?/m0/s1. The van der Waals surface area contributed by atoms with Crippen molar-refractivity contribution in [3.05, 3.63) is 44.6 Å². The van der Waals surface area contributed by atoms with E-state index in [0.717, 1.165) is 36.6 Å². The Morgan fingerprint density at radius 1 is 1.43 bits per heavy atom. The lowest BCUT2D eigenvalue weighted by Crippen LogP contribution is -2.18. The molecule has 6 heteroatoms. The smallest absolute Gasteiger partial charge is 0.305 e. The van der Waals surface area contributed by atoms with Crippen LogP contribution in [0.1, 0.15) is 55.2 Å². The number of carbonyl (C=O) groups excluding carboxylic acids is 1. The molecule has 0 spiro atoms. The van der Waals surface area contributed by atoms with Gasteiger partial charge >= 0.3 is 5.97 Å². The molecule has 4 nitrogen and oxygen atoms in total. The molecule has 1 fully saturated rings. The molecule has 168 valence electrons. The molecule has 5 atom stereocenters. The van der Waals surface area contributed by atoms with Gasteiger partial charge in [-0.25, -0.2) is 0 Å². The second-order valence-corrected chi connectivity index (χ2v) is 10.5. The number of carbonyl (C=O) groups is 1. The van der Waals surface area contributed by atoms with Crippen molar-refractivity contribution in [2.45, 2.75) is 71.0 Å². The first-order chi connectivity index (χ1) is 14.3. The van der Waals surface area contributed by atoms with Gasteiger partial charge in [-0.15, -0.1) is 11.3 Å². The highest BCUT2D eigenvalue weighted by atomic mass is 79.9. The van der Waals surface area contributed by atoms with E-state index in [2.05, 4.69) is 58.8 Å². The minimum absolute atomic E-state index is 0.172. The van der Waals surface area contributed by atoms with Crippen LogP contribution in [0.4, 0.5) is 0 Å². The Balaban J connectivity index is 1.81. The number of halogens is 1. The van der Waals surface area contributed by atoms with Crippen LogP contribution < -0.4 is 0 Å². The predicted octanol–water partition coefficient (Wildman–Crippen LogP) is 5.59. The van der Waals surface area contributed by atoms with Gasteiger partial charge < -0.3 is 14.9 Å². The molecule has 0 saturated heterocycles. The normalized spacial score (nSPS) is 25.4. The molecule has 1 saturated carbocycles. The average molecular weight is 500 g/mol. The Kier molecular flexibility index (Phi) is 10.8. The summed E-state index contributed by atoms with van der Waals surface area (Å²) in [6, 6.07) is 2.14. The first kappa shape index (κ1) is 25.3. The molecule has 30 heavy (non-hydrogen) atoms. The Bertz CT molecular complexity index is 707. The molecule has 0 aromatic carbocycles. The van der Waals surface area contributed by atoms with Crippen molar-refractivity contribution in [2.75, 3.05) is 7.11 Å². The van der Waals surface area contributed by atoms with E-state index in [1.54, 1.807) is 11.3 Å². The summed E-state index contributed by atoms with van der Waals surface area (Å²) in [6.45, 7) is 4.27. The number of methoxy groups -OCH3 is 1. The molecule has 1 aromatic heterocycles. The van der Waals surface area contributed by atoms with Gasteiger partial charge in [-0.1, -0.05) is 31.2 Å². The van der Waals surface area contributed by atoms with Crippen LogP contribution in [0.5, 0.6) is 0 Å². The van der Waals surface area contributed by atoms with Crippen molar-refractivity contribution in [1.82, 2.24) is 0 Å². The van der Waals surface area contributed by atoms with E-state index in [-0.39, 0.29) is 23.9 Å². The SMILES string of the molecule is COC(=O)CCCC=CC[C@H]1C(O)CC(C)[C@@H]1C=CC(O)CCc1cc(Br)c(C)s1. The van der Waals surface area contributed by atoms with Gasteiger partial charge in [0.25, 0.3) is 0 Å². The largest absolute Gasteiger partial charge is 0.469 e. The van der Waals surface area contributed by atoms with Crippen LogP contribution in [0.2, 0.25) is 0 Å². The number of hydrogen-bond donors (Lipinski definition) is 2. The van der Waals surface area contributed by atoms with Gasteiger partial charge in [-0.3, -0.25) is 4.79 Å². The van der Waals surface area contributed by atoms with E-state index in [4.69, 9.17) is 0 Å². The van der Waals surface area contributed by atoms with E-state index in [0.29, 0.717) is 18.8 Å². The summed E-state index contributed by atoms with van der Waals surface area (Å²) < 4.78 is 5.79. The second kappa shape index (κ2) is 12.8. The van der Waals surface area contributed by atoms with Gasteiger partial charge in [0.2, 0.25) is 0 Å². The fraction of sp³-hybridized carbons (Fsp3) is 0.625. The van der Waals surface area contributed by atoms with Crippen LogP contribution in [-0.2, 0) is 16.0 Å². The Morgan fingerprint density at radius 3 is 2.87 bits per heavy atom. The van der Waals surface area contributed by atoms with Crippen molar-refractivity contribution in [2.24, 2.45) is 17.8 Å². The second-order valence-electron chi connectivity index (χ2n) is 8.30. The van der Waals surface area contributed by atoms with E-state index < -0.39 is 6.10 Å². The number of aliphatic hydroxyl groups is 2. The van der Waals surface area contributed by atoms with E-state index in [9.17, 15) is 15.0 Å². The zero-order valence-corrected chi connectivity index (χ0v) is 20.6. The zero-order chi connectivity index (χ0) is 22.1. The predicted molar refractivity (Wildman–Crippen MR) is 127 cm³/mol. The van der Waals surface area contributed by atoms with E-state index in [1.165, 1.54) is 16.9 Å². The fourth-order valence-electron chi connectivity index (χ4n) is 4.16. The third kappa shape index (κ3) is 7.95. The number of rotatable bonds is 11. The van der Waals surface area contributed by atoms with Crippen LogP contribution in [0.25, 0.3) is 0 Å². The molecule has 0 radical (unpaired) electrons. The van der Waals surface area contributed by atoms with Crippen LogP contribution in [0, 0.1) is 24.7 Å². The van der Waals surface area contributed by atoms with Crippen molar-refractivity contribution in [3.8, 4) is 0 Å². The molecule has 1 aliphatic carbocycles. The summed E-state index contributed by atoms with van der Waals surface area (Å²) in [4.78, 5) is 13.7. The first-order valence-electron chi connectivity index (χ1n) is 10.8. The number of esters is 1. The highest BCUT2D eigenvalue weighted by molar-refractivity contribution is 9.10. The maximum Gasteiger partial charge on any atom is 0.305 e. The summed E-state index contributed by atoms with van der Waals surface area (Å²) in [5.41, 5.74) is 0. The number of thiophene rings is 1. The molecule has 3 unspecified atom stereocenters. The third-order valence-corrected chi connectivity index (χ3v) is 8.16. The van der Waals surface area contributed by atoms with Gasteiger partial charge in [-0.05, 0) is 85.2 Å². The summed E-state index contributed by atoms with van der Waals surface area (Å²) in [5.74, 6) is 0.676. The summed E-state index contributed by atoms with van der Waals surface area (Å²) in [7, 11) is 1.41. The Hall–Kier alpha value is -0.950. The number of unbranched alkanes of at least 4 members (excludes halogenated alkanes) is 1. The van der Waals surface area contributed by atoms with Gasteiger partial charge in [-0.2, -0.15) is 0 Å². The Morgan fingerprint density at radius 2 is 2.20 bits per heavy atom. The van der Waals surface area contributed by atoms with Crippen LogP contribution in [-0.4, -0.2) is 35.5 Å². The minimum Gasteiger partial charge on any atom is -0.469 e. The highest BCUT2D eigenvalue weighted by Crippen LogP contribution is 2.40. The lowest BCUT2D eigenvalue weighted by atomic mass is 9.86. The van der Waals surface area contributed by atoms with Gasteiger partial charge in [0.1, 0.15) is 0 Å². The zero-order valence-electron chi connectivity index (χ0n) is 18.2. The van der Waals surface area contributed by atoms with Crippen LogP contribution >= 0.6 is 27.3 Å². The minimum atomic E-state index is -0.467. The lowest BCUT2D eigenvalue weighted by molar-refractivity contribution is -0.140. The maximum atomic E-state index is 11.1. The molecule has 0 bridgehead atoms. The van der Waals surface area contributed by atoms with Crippen molar-refractivity contribution >= 4 is 33.2 Å². The Labute approximate surface area is 193 Å². The molecular formula is C24H35BrO4S. The van der Waals surface area contributed by atoms with Crippen molar-refractivity contribution in [3.63, 3.8) is 0 Å². The molecular weight excluding hydrogens is 464 g/mol.